The lowest BCUT2D eigenvalue weighted by Crippen LogP contribution is -2.37. The van der Waals surface area contributed by atoms with Gasteiger partial charge in [-0.1, -0.05) is 18.2 Å². The molecule has 1 aliphatic heterocycles. The molecule has 1 heterocycles. The number of benzene rings is 2. The van der Waals surface area contributed by atoms with E-state index in [1.807, 2.05) is 0 Å². The molecule has 8 heteroatoms. The molecule has 128 valence electrons. The summed E-state index contributed by atoms with van der Waals surface area (Å²) in [7, 11) is 0. The predicted octanol–water partition coefficient (Wildman–Crippen LogP) is 0.887. The Labute approximate surface area is 143 Å². The van der Waals surface area contributed by atoms with Crippen LogP contribution in [0.25, 0.3) is 0 Å². The van der Waals surface area contributed by atoms with Crippen LogP contribution in [-0.4, -0.2) is 29.9 Å². The average Bonchev–Trinajstić information content (AvgIpc) is 3.07. The molecular formula is C17H15N3O5. The fourth-order valence-corrected chi connectivity index (χ4v) is 2.13. The third-order valence-corrected chi connectivity index (χ3v) is 3.35. The van der Waals surface area contributed by atoms with Gasteiger partial charge in [0.05, 0.1) is 6.21 Å². The fraction of sp³-hybridized carbons (Fsp3) is 0.118. The molecule has 0 atom stereocenters. The van der Waals surface area contributed by atoms with Crippen LogP contribution in [0.4, 0.5) is 0 Å². The molecule has 0 spiro atoms. The lowest BCUT2D eigenvalue weighted by Gasteiger charge is -2.05. The summed E-state index contributed by atoms with van der Waals surface area (Å²) >= 11 is 0. The third-order valence-electron chi connectivity index (χ3n) is 3.35. The van der Waals surface area contributed by atoms with E-state index in [2.05, 4.69) is 15.8 Å². The number of amides is 2. The van der Waals surface area contributed by atoms with E-state index in [0.29, 0.717) is 17.1 Å². The van der Waals surface area contributed by atoms with Crippen molar-refractivity contribution in [1.29, 1.82) is 0 Å². The summed E-state index contributed by atoms with van der Waals surface area (Å²) in [6.07, 6.45) is 1.32. The number of nitrogens with one attached hydrogen (secondary N) is 2. The SMILES string of the molecule is O=C(NCc1ccc2c(c1)OCO2)C(=O)N/N=C\c1cccc(O)c1. The first kappa shape index (κ1) is 16.3. The number of phenolic OH excluding ortho intramolecular Hbond substituents is 1. The van der Waals surface area contributed by atoms with Crippen LogP contribution in [0.2, 0.25) is 0 Å². The summed E-state index contributed by atoms with van der Waals surface area (Å²) < 4.78 is 10.4. The van der Waals surface area contributed by atoms with Crippen molar-refractivity contribution in [1.82, 2.24) is 10.7 Å². The molecule has 0 fully saturated rings. The molecule has 0 saturated carbocycles. The molecule has 3 rings (SSSR count). The Kier molecular flexibility index (Phi) is 4.79. The van der Waals surface area contributed by atoms with Crippen LogP contribution in [0, 0.1) is 0 Å². The number of hydrogen-bond acceptors (Lipinski definition) is 6. The number of phenols is 1. The van der Waals surface area contributed by atoms with Crippen LogP contribution in [0.15, 0.2) is 47.6 Å². The quantitative estimate of drug-likeness (QED) is 0.435. The summed E-state index contributed by atoms with van der Waals surface area (Å²) in [5, 5.41) is 15.5. The third kappa shape index (κ3) is 4.25. The van der Waals surface area contributed by atoms with Gasteiger partial charge in [0.15, 0.2) is 11.5 Å². The van der Waals surface area contributed by atoms with Gasteiger partial charge in [0.2, 0.25) is 6.79 Å². The number of hydrazone groups is 1. The Hall–Kier alpha value is -3.55. The van der Waals surface area contributed by atoms with E-state index in [4.69, 9.17) is 9.47 Å². The molecular weight excluding hydrogens is 326 g/mol. The van der Waals surface area contributed by atoms with Crippen molar-refractivity contribution >= 4 is 18.0 Å². The predicted molar refractivity (Wildman–Crippen MR) is 88.3 cm³/mol. The molecule has 0 bridgehead atoms. The smallest absolute Gasteiger partial charge is 0.329 e. The Morgan fingerprint density at radius 2 is 1.96 bits per heavy atom. The zero-order valence-electron chi connectivity index (χ0n) is 13.1. The minimum absolute atomic E-state index is 0.0803. The van der Waals surface area contributed by atoms with E-state index in [0.717, 1.165) is 5.56 Å². The maximum absolute atomic E-state index is 11.8. The Morgan fingerprint density at radius 1 is 1.12 bits per heavy atom. The maximum Gasteiger partial charge on any atom is 0.329 e. The summed E-state index contributed by atoms with van der Waals surface area (Å²) in [6.45, 7) is 0.337. The van der Waals surface area contributed by atoms with E-state index >= 15 is 0 Å². The standard InChI is InChI=1S/C17H15N3O5/c21-13-3-1-2-11(6-13)9-19-20-17(23)16(22)18-8-12-4-5-14-15(7-12)25-10-24-14/h1-7,9,21H,8,10H2,(H,18,22)(H,20,23)/b19-9-. The molecule has 0 aromatic heterocycles. The van der Waals surface area contributed by atoms with E-state index in [9.17, 15) is 14.7 Å². The van der Waals surface area contributed by atoms with Gasteiger partial charge < -0.3 is 19.9 Å². The van der Waals surface area contributed by atoms with Crippen LogP contribution in [0.1, 0.15) is 11.1 Å². The van der Waals surface area contributed by atoms with Gasteiger partial charge in [-0.15, -0.1) is 0 Å². The molecule has 25 heavy (non-hydrogen) atoms. The van der Waals surface area contributed by atoms with Crippen molar-refractivity contribution in [3.05, 3.63) is 53.6 Å². The number of fused-ring (bicyclic) bond motifs is 1. The monoisotopic (exact) mass is 341 g/mol. The van der Waals surface area contributed by atoms with E-state index in [-0.39, 0.29) is 19.1 Å². The first-order valence-corrected chi connectivity index (χ1v) is 7.40. The highest BCUT2D eigenvalue weighted by Gasteiger charge is 2.15. The summed E-state index contributed by atoms with van der Waals surface area (Å²) in [5.74, 6) is -0.374. The topological polar surface area (TPSA) is 109 Å². The van der Waals surface area contributed by atoms with Crippen molar-refractivity contribution in [3.8, 4) is 17.2 Å². The van der Waals surface area contributed by atoms with Crippen molar-refractivity contribution in [2.45, 2.75) is 6.54 Å². The van der Waals surface area contributed by atoms with Crippen LogP contribution in [-0.2, 0) is 16.1 Å². The van der Waals surface area contributed by atoms with Crippen LogP contribution < -0.4 is 20.2 Å². The second-order valence-corrected chi connectivity index (χ2v) is 5.16. The number of nitrogens with zero attached hydrogens (tertiary/aromatic N) is 1. The van der Waals surface area contributed by atoms with Gasteiger partial charge in [-0.25, -0.2) is 5.43 Å². The molecule has 8 nitrogen and oxygen atoms in total. The van der Waals surface area contributed by atoms with Gasteiger partial charge in [0.1, 0.15) is 5.75 Å². The molecule has 2 aromatic rings. The zero-order chi connectivity index (χ0) is 17.6. The van der Waals surface area contributed by atoms with Gasteiger partial charge in [-0.2, -0.15) is 5.10 Å². The molecule has 0 unspecified atom stereocenters. The van der Waals surface area contributed by atoms with Crippen molar-refractivity contribution in [3.63, 3.8) is 0 Å². The Morgan fingerprint density at radius 3 is 2.80 bits per heavy atom. The molecule has 0 radical (unpaired) electrons. The number of carbonyl (C=O) groups is 2. The van der Waals surface area contributed by atoms with E-state index in [1.54, 1.807) is 30.3 Å². The first-order chi connectivity index (χ1) is 12.1. The number of hydrogen-bond donors (Lipinski definition) is 3. The summed E-state index contributed by atoms with van der Waals surface area (Å²) in [6, 6.07) is 11.6. The molecule has 2 aromatic carbocycles. The second-order valence-electron chi connectivity index (χ2n) is 5.16. The molecule has 1 aliphatic rings. The highest BCUT2D eigenvalue weighted by atomic mass is 16.7. The van der Waals surface area contributed by atoms with Gasteiger partial charge >= 0.3 is 11.8 Å². The lowest BCUT2D eigenvalue weighted by atomic mass is 10.2. The van der Waals surface area contributed by atoms with Gasteiger partial charge in [0.25, 0.3) is 0 Å². The Balaban J connectivity index is 1.48. The van der Waals surface area contributed by atoms with Gasteiger partial charge in [-0.3, -0.25) is 9.59 Å². The van der Waals surface area contributed by atoms with Crippen molar-refractivity contribution in [2.24, 2.45) is 5.10 Å². The summed E-state index contributed by atoms with van der Waals surface area (Å²) in [5.41, 5.74) is 3.48. The largest absolute Gasteiger partial charge is 0.508 e. The number of aromatic hydroxyl groups is 1. The maximum atomic E-state index is 11.8. The molecule has 0 saturated heterocycles. The van der Waals surface area contributed by atoms with E-state index < -0.39 is 11.8 Å². The highest BCUT2D eigenvalue weighted by molar-refractivity contribution is 6.35. The van der Waals surface area contributed by atoms with Gasteiger partial charge in [0, 0.05) is 6.54 Å². The minimum atomic E-state index is -0.892. The summed E-state index contributed by atoms with van der Waals surface area (Å²) in [4.78, 5) is 23.4. The van der Waals surface area contributed by atoms with Gasteiger partial charge in [-0.05, 0) is 35.4 Å². The molecule has 2 amide bonds. The normalized spacial score (nSPS) is 12.2. The molecule has 0 aliphatic carbocycles. The van der Waals surface area contributed by atoms with Crippen molar-refractivity contribution in [2.75, 3.05) is 6.79 Å². The first-order valence-electron chi connectivity index (χ1n) is 7.40. The second kappa shape index (κ2) is 7.35. The number of ether oxygens (including phenoxy) is 2. The highest BCUT2D eigenvalue weighted by Crippen LogP contribution is 2.32. The fourth-order valence-electron chi connectivity index (χ4n) is 2.13. The number of rotatable bonds is 4. The van der Waals surface area contributed by atoms with Crippen LogP contribution in [0.3, 0.4) is 0 Å². The molecule has 3 N–H and O–H groups in total. The van der Waals surface area contributed by atoms with Crippen molar-refractivity contribution < 1.29 is 24.2 Å². The average molecular weight is 341 g/mol. The number of carbonyl (C=O) groups excluding carboxylic acids is 2. The minimum Gasteiger partial charge on any atom is -0.508 e. The van der Waals surface area contributed by atoms with Crippen LogP contribution in [0.5, 0.6) is 17.2 Å². The Bertz CT molecular complexity index is 835. The van der Waals surface area contributed by atoms with Crippen LogP contribution >= 0.6 is 0 Å². The zero-order valence-corrected chi connectivity index (χ0v) is 13.1. The lowest BCUT2D eigenvalue weighted by molar-refractivity contribution is -0.139. The van der Waals surface area contributed by atoms with E-state index in [1.165, 1.54) is 18.3 Å².